The number of nitrogens with one attached hydrogen (secondary N) is 1. The van der Waals surface area contributed by atoms with Gasteiger partial charge in [0, 0.05) is 11.8 Å². The molecule has 29 heavy (non-hydrogen) atoms. The number of nitrogens with zero attached hydrogens (tertiary/aromatic N) is 2. The maximum atomic E-state index is 12.5. The van der Waals surface area contributed by atoms with Crippen LogP contribution in [0.25, 0.3) is 6.08 Å². The predicted molar refractivity (Wildman–Crippen MR) is 106 cm³/mol. The molecule has 0 saturated carbocycles. The van der Waals surface area contributed by atoms with Crippen LogP contribution in [-0.2, 0) is 4.79 Å². The molecule has 2 aromatic carbocycles. The molecule has 0 spiro atoms. The number of benzene rings is 2. The highest BCUT2D eigenvalue weighted by Crippen LogP contribution is 2.38. The van der Waals surface area contributed by atoms with Crippen LogP contribution in [0.2, 0.25) is 5.02 Å². The number of carbonyl (C=O) groups excluding carboxylic acids is 1. The average Bonchev–Trinajstić information content (AvgIpc) is 2.71. The van der Waals surface area contributed by atoms with Gasteiger partial charge in [-0.2, -0.15) is 5.26 Å². The van der Waals surface area contributed by atoms with Crippen LogP contribution >= 0.6 is 11.6 Å². The summed E-state index contributed by atoms with van der Waals surface area (Å²) in [6.07, 6.45) is 1.32. The Kier molecular flexibility index (Phi) is 7.00. The quantitative estimate of drug-likeness (QED) is 0.314. The van der Waals surface area contributed by atoms with Gasteiger partial charge in [0.2, 0.25) is 5.75 Å². The Balaban J connectivity index is 2.37. The van der Waals surface area contributed by atoms with Crippen molar-refractivity contribution in [1.82, 2.24) is 0 Å². The Hall–Kier alpha value is -3.77. The van der Waals surface area contributed by atoms with Crippen LogP contribution in [0.5, 0.6) is 17.2 Å². The van der Waals surface area contributed by atoms with E-state index in [1.165, 1.54) is 39.5 Å². The molecule has 0 fully saturated rings. The van der Waals surface area contributed by atoms with E-state index in [-0.39, 0.29) is 22.0 Å². The van der Waals surface area contributed by atoms with Gasteiger partial charge < -0.3 is 19.5 Å². The van der Waals surface area contributed by atoms with Crippen molar-refractivity contribution in [3.8, 4) is 23.3 Å². The van der Waals surface area contributed by atoms with Crippen molar-refractivity contribution in [2.45, 2.75) is 0 Å². The molecule has 0 aromatic heterocycles. The highest BCUT2D eigenvalue weighted by atomic mass is 35.5. The molecule has 0 radical (unpaired) electrons. The van der Waals surface area contributed by atoms with Gasteiger partial charge in [0.25, 0.3) is 11.6 Å². The molecule has 2 rings (SSSR count). The van der Waals surface area contributed by atoms with Crippen molar-refractivity contribution in [2.75, 3.05) is 26.6 Å². The molecule has 0 aliphatic carbocycles. The minimum atomic E-state index is -0.752. The van der Waals surface area contributed by atoms with Crippen molar-refractivity contribution in [3.05, 3.63) is 56.6 Å². The van der Waals surface area contributed by atoms with E-state index >= 15 is 0 Å². The Morgan fingerprint density at radius 1 is 1.17 bits per heavy atom. The number of nitro benzene ring substituents is 1. The fourth-order valence-electron chi connectivity index (χ4n) is 2.43. The second kappa shape index (κ2) is 9.43. The van der Waals surface area contributed by atoms with Crippen LogP contribution in [0.3, 0.4) is 0 Å². The van der Waals surface area contributed by atoms with Gasteiger partial charge in [-0.1, -0.05) is 11.6 Å². The van der Waals surface area contributed by atoms with Crippen LogP contribution in [0.4, 0.5) is 11.4 Å². The van der Waals surface area contributed by atoms with Crippen molar-refractivity contribution in [2.24, 2.45) is 0 Å². The first-order valence-corrected chi connectivity index (χ1v) is 8.39. The summed E-state index contributed by atoms with van der Waals surface area (Å²) in [6, 6.07) is 8.71. The summed E-state index contributed by atoms with van der Waals surface area (Å²) in [5.74, 6) is 0.315. The summed E-state index contributed by atoms with van der Waals surface area (Å²) >= 11 is 5.75. The van der Waals surface area contributed by atoms with E-state index in [0.29, 0.717) is 22.8 Å². The van der Waals surface area contributed by atoms with Gasteiger partial charge in [-0.05, 0) is 35.9 Å². The molecular weight excluding hydrogens is 402 g/mol. The van der Waals surface area contributed by atoms with Gasteiger partial charge in [-0.25, -0.2) is 0 Å². The summed E-state index contributed by atoms with van der Waals surface area (Å²) in [7, 11) is 4.33. The largest absolute Gasteiger partial charge is 0.493 e. The molecule has 0 unspecified atom stereocenters. The van der Waals surface area contributed by atoms with Gasteiger partial charge in [-0.3, -0.25) is 14.9 Å². The number of hydrogen-bond acceptors (Lipinski definition) is 7. The van der Waals surface area contributed by atoms with Crippen LogP contribution < -0.4 is 19.5 Å². The van der Waals surface area contributed by atoms with Crippen molar-refractivity contribution >= 4 is 35.0 Å². The number of anilines is 1. The van der Waals surface area contributed by atoms with Gasteiger partial charge in [-0.15, -0.1) is 0 Å². The molecule has 0 bridgehead atoms. The lowest BCUT2D eigenvalue weighted by atomic mass is 10.1. The second-order valence-electron chi connectivity index (χ2n) is 5.51. The minimum absolute atomic E-state index is 0.0681. The van der Waals surface area contributed by atoms with Gasteiger partial charge >= 0.3 is 0 Å². The Morgan fingerprint density at radius 3 is 2.28 bits per heavy atom. The van der Waals surface area contributed by atoms with E-state index in [2.05, 4.69) is 5.32 Å². The van der Waals surface area contributed by atoms with E-state index in [1.807, 2.05) is 0 Å². The first kappa shape index (κ1) is 21.5. The molecule has 10 heteroatoms. The zero-order chi connectivity index (χ0) is 21.6. The molecular formula is C19H16ClN3O6. The van der Waals surface area contributed by atoms with E-state index in [4.69, 9.17) is 25.8 Å². The molecule has 9 nitrogen and oxygen atoms in total. The Morgan fingerprint density at radius 2 is 1.79 bits per heavy atom. The topological polar surface area (TPSA) is 124 Å². The number of rotatable bonds is 7. The monoisotopic (exact) mass is 417 g/mol. The van der Waals surface area contributed by atoms with E-state index < -0.39 is 10.8 Å². The molecule has 2 aromatic rings. The minimum Gasteiger partial charge on any atom is -0.493 e. The molecule has 0 saturated heterocycles. The lowest BCUT2D eigenvalue weighted by Crippen LogP contribution is -2.13. The summed E-state index contributed by atoms with van der Waals surface area (Å²) in [4.78, 5) is 22.8. The average molecular weight is 418 g/mol. The van der Waals surface area contributed by atoms with Gasteiger partial charge in [0.05, 0.1) is 26.3 Å². The SMILES string of the molecule is COc1cc(/C=C(\C#N)C(=O)Nc2ccc(Cl)c([N+](=O)[O-])c2)cc(OC)c1OC. The third-order valence-corrected chi connectivity index (χ3v) is 4.08. The maximum absolute atomic E-state index is 12.5. The zero-order valence-electron chi connectivity index (χ0n) is 15.7. The number of ether oxygens (including phenoxy) is 3. The number of carbonyl (C=O) groups is 1. The standard InChI is InChI=1S/C19H16ClN3O6/c1-27-16-7-11(8-17(28-2)18(16)29-3)6-12(10-21)19(24)22-13-4-5-14(20)15(9-13)23(25)26/h4-9H,1-3H3,(H,22,24)/b12-6+. The van der Waals surface area contributed by atoms with Gasteiger partial charge in [0.1, 0.15) is 16.7 Å². The van der Waals surface area contributed by atoms with Crippen LogP contribution in [-0.4, -0.2) is 32.2 Å². The van der Waals surface area contributed by atoms with Crippen molar-refractivity contribution < 1.29 is 23.9 Å². The molecule has 0 aliphatic rings. The first-order valence-electron chi connectivity index (χ1n) is 8.01. The molecule has 1 N–H and O–H groups in total. The summed E-state index contributed by atoms with van der Waals surface area (Å²) in [6.45, 7) is 0. The molecule has 0 atom stereocenters. The van der Waals surface area contributed by atoms with E-state index in [9.17, 15) is 20.2 Å². The lowest BCUT2D eigenvalue weighted by Gasteiger charge is -2.13. The van der Waals surface area contributed by atoms with Gasteiger partial charge in [0.15, 0.2) is 11.5 Å². The highest BCUT2D eigenvalue weighted by molar-refractivity contribution is 6.32. The van der Waals surface area contributed by atoms with Crippen LogP contribution in [0, 0.1) is 21.4 Å². The summed E-state index contributed by atoms with van der Waals surface area (Å²) in [5.41, 5.74) is -0.0288. The van der Waals surface area contributed by atoms with E-state index in [0.717, 1.165) is 6.07 Å². The van der Waals surface area contributed by atoms with Crippen molar-refractivity contribution in [1.29, 1.82) is 5.26 Å². The van der Waals surface area contributed by atoms with Crippen LogP contribution in [0.15, 0.2) is 35.9 Å². The number of halogens is 1. The third kappa shape index (κ3) is 4.94. The lowest BCUT2D eigenvalue weighted by molar-refractivity contribution is -0.384. The highest BCUT2D eigenvalue weighted by Gasteiger charge is 2.17. The fraction of sp³-hybridized carbons (Fsp3) is 0.158. The number of hydrogen-bond donors (Lipinski definition) is 1. The maximum Gasteiger partial charge on any atom is 0.289 e. The second-order valence-corrected chi connectivity index (χ2v) is 5.91. The Bertz CT molecular complexity index is 1000. The summed E-state index contributed by atoms with van der Waals surface area (Å²) < 4.78 is 15.7. The third-order valence-electron chi connectivity index (χ3n) is 3.76. The first-order chi connectivity index (χ1) is 13.8. The predicted octanol–water partition coefficient (Wildman–Crippen LogP) is 3.82. The van der Waals surface area contributed by atoms with Crippen molar-refractivity contribution in [3.63, 3.8) is 0 Å². The molecule has 0 aliphatic heterocycles. The van der Waals surface area contributed by atoms with E-state index in [1.54, 1.807) is 18.2 Å². The number of nitriles is 1. The fourth-order valence-corrected chi connectivity index (χ4v) is 2.62. The summed E-state index contributed by atoms with van der Waals surface area (Å²) in [5, 5.41) is 22.7. The number of amides is 1. The number of nitro groups is 1. The smallest absolute Gasteiger partial charge is 0.289 e. The zero-order valence-corrected chi connectivity index (χ0v) is 16.4. The Labute approximate surface area is 171 Å². The molecule has 1 amide bonds. The molecule has 0 heterocycles. The van der Waals surface area contributed by atoms with Crippen LogP contribution in [0.1, 0.15) is 5.56 Å². The number of methoxy groups -OCH3 is 3. The molecule has 150 valence electrons. The normalized spacial score (nSPS) is 10.7.